The van der Waals surface area contributed by atoms with Crippen molar-refractivity contribution in [2.24, 2.45) is 0 Å². The summed E-state index contributed by atoms with van der Waals surface area (Å²) in [5.41, 5.74) is 0.733. The summed E-state index contributed by atoms with van der Waals surface area (Å²) in [6.07, 6.45) is 0. The highest BCUT2D eigenvalue weighted by molar-refractivity contribution is 5.89. The number of ether oxygens (including phenoxy) is 1. The summed E-state index contributed by atoms with van der Waals surface area (Å²) in [4.78, 5) is 21.7. The smallest absolute Gasteiger partial charge is 0.339 e. The number of benzene rings is 2. The summed E-state index contributed by atoms with van der Waals surface area (Å²) in [5, 5.41) is 10.6. The van der Waals surface area contributed by atoms with Crippen LogP contribution in [0.3, 0.4) is 0 Å². The van der Waals surface area contributed by atoms with Gasteiger partial charge in [-0.1, -0.05) is 30.3 Å². The van der Waals surface area contributed by atoms with E-state index in [0.29, 0.717) is 0 Å². The molecule has 0 amide bonds. The van der Waals surface area contributed by atoms with Gasteiger partial charge < -0.3 is 4.74 Å². The maximum absolute atomic E-state index is 11.7. The normalized spacial score (nSPS) is 9.89. The third-order valence-electron chi connectivity index (χ3n) is 2.43. The van der Waals surface area contributed by atoms with E-state index in [-0.39, 0.29) is 17.9 Å². The van der Waals surface area contributed by atoms with E-state index >= 15 is 0 Å². The second-order valence-electron chi connectivity index (χ2n) is 3.78. The Morgan fingerprint density at radius 1 is 1.26 bits per heavy atom. The highest BCUT2D eigenvalue weighted by Gasteiger charge is 2.12. The van der Waals surface area contributed by atoms with E-state index in [2.05, 4.69) is 6.07 Å². The number of rotatable bonds is 4. The van der Waals surface area contributed by atoms with Gasteiger partial charge in [0.15, 0.2) is 0 Å². The van der Waals surface area contributed by atoms with Gasteiger partial charge in [-0.05, 0) is 17.7 Å². The van der Waals surface area contributed by atoms with Gasteiger partial charge >= 0.3 is 5.97 Å². The summed E-state index contributed by atoms with van der Waals surface area (Å²) in [5.74, 6) is -0.632. The lowest BCUT2D eigenvalue weighted by Gasteiger charge is -2.04. The number of nitro groups is 1. The summed E-state index contributed by atoms with van der Waals surface area (Å²) < 4.78 is 5.06. The van der Waals surface area contributed by atoms with Gasteiger partial charge in [0.2, 0.25) is 0 Å². The average molecular weight is 256 g/mol. The first-order valence-electron chi connectivity index (χ1n) is 5.54. The van der Waals surface area contributed by atoms with E-state index in [1.54, 1.807) is 0 Å². The van der Waals surface area contributed by atoms with Gasteiger partial charge in [0.05, 0.1) is 10.5 Å². The minimum atomic E-state index is -0.632. The Morgan fingerprint density at radius 2 is 2.00 bits per heavy atom. The zero-order chi connectivity index (χ0) is 13.7. The van der Waals surface area contributed by atoms with E-state index in [0.717, 1.165) is 11.6 Å². The third-order valence-corrected chi connectivity index (χ3v) is 2.43. The molecule has 5 nitrogen and oxygen atoms in total. The number of carbonyl (C=O) groups excluding carboxylic acids is 1. The fraction of sp³-hybridized carbons (Fsp3) is 0.0714. The Hall–Kier alpha value is -2.69. The molecular weight excluding hydrogens is 246 g/mol. The molecule has 0 fully saturated rings. The summed E-state index contributed by atoms with van der Waals surface area (Å²) >= 11 is 0. The molecule has 0 spiro atoms. The molecule has 19 heavy (non-hydrogen) atoms. The van der Waals surface area contributed by atoms with Crippen LogP contribution in [0.2, 0.25) is 0 Å². The number of esters is 1. The van der Waals surface area contributed by atoms with Gasteiger partial charge in [0.1, 0.15) is 6.61 Å². The minimum absolute atomic E-state index is 0.0464. The Morgan fingerprint density at radius 3 is 2.68 bits per heavy atom. The van der Waals surface area contributed by atoms with Crippen molar-refractivity contribution < 1.29 is 14.5 Å². The van der Waals surface area contributed by atoms with Crippen LogP contribution in [-0.4, -0.2) is 10.9 Å². The highest BCUT2D eigenvalue weighted by Crippen LogP contribution is 2.14. The van der Waals surface area contributed by atoms with Crippen LogP contribution in [0.1, 0.15) is 15.9 Å². The van der Waals surface area contributed by atoms with Crippen molar-refractivity contribution in [2.75, 3.05) is 0 Å². The van der Waals surface area contributed by atoms with Gasteiger partial charge in [-0.15, -0.1) is 0 Å². The first-order chi connectivity index (χ1) is 9.16. The Balaban J connectivity index is 2.04. The molecule has 2 rings (SSSR count). The molecule has 0 N–H and O–H groups in total. The Kier molecular flexibility index (Phi) is 3.87. The number of nitro benzene ring substituents is 1. The van der Waals surface area contributed by atoms with E-state index < -0.39 is 10.9 Å². The minimum Gasteiger partial charge on any atom is -0.457 e. The van der Waals surface area contributed by atoms with E-state index in [9.17, 15) is 14.9 Å². The van der Waals surface area contributed by atoms with Gasteiger partial charge in [-0.3, -0.25) is 10.1 Å². The van der Waals surface area contributed by atoms with Crippen LogP contribution in [-0.2, 0) is 11.3 Å². The van der Waals surface area contributed by atoms with E-state index in [4.69, 9.17) is 4.74 Å². The summed E-state index contributed by atoms with van der Waals surface area (Å²) in [7, 11) is 0. The fourth-order valence-corrected chi connectivity index (χ4v) is 1.49. The van der Waals surface area contributed by atoms with E-state index in [1.165, 1.54) is 12.1 Å². The standard InChI is InChI=1S/C14H10NO4/c16-14(19-10-11-5-2-1-3-6-11)12-7-4-8-13(9-12)15(17)18/h1-6,8-9H,10H2. The van der Waals surface area contributed by atoms with Crippen molar-refractivity contribution >= 4 is 11.7 Å². The predicted molar refractivity (Wildman–Crippen MR) is 67.5 cm³/mol. The fourth-order valence-electron chi connectivity index (χ4n) is 1.49. The lowest BCUT2D eigenvalue weighted by Crippen LogP contribution is -2.05. The lowest BCUT2D eigenvalue weighted by molar-refractivity contribution is -0.384. The molecule has 0 saturated carbocycles. The van der Waals surface area contributed by atoms with Crippen LogP contribution in [0.15, 0.2) is 48.5 Å². The quantitative estimate of drug-likeness (QED) is 0.479. The number of non-ortho nitro benzene ring substituents is 1. The van der Waals surface area contributed by atoms with E-state index in [1.807, 2.05) is 30.3 Å². The second-order valence-corrected chi connectivity index (χ2v) is 3.78. The van der Waals surface area contributed by atoms with Crippen molar-refractivity contribution in [3.63, 3.8) is 0 Å². The molecule has 0 aromatic heterocycles. The molecule has 0 atom stereocenters. The SMILES string of the molecule is O=C(OCc1ccccc1)c1[c]ccc([N+](=O)[O-])c1. The molecule has 0 unspecified atom stereocenters. The first-order valence-corrected chi connectivity index (χ1v) is 5.54. The zero-order valence-electron chi connectivity index (χ0n) is 9.91. The monoisotopic (exact) mass is 256 g/mol. The lowest BCUT2D eigenvalue weighted by atomic mass is 10.2. The van der Waals surface area contributed by atoms with Crippen LogP contribution in [0.5, 0.6) is 0 Å². The summed E-state index contributed by atoms with van der Waals surface area (Å²) in [6, 6.07) is 15.5. The van der Waals surface area contributed by atoms with Gasteiger partial charge in [-0.25, -0.2) is 4.79 Å². The molecule has 0 aliphatic carbocycles. The molecule has 0 aliphatic heterocycles. The van der Waals surface area contributed by atoms with Crippen molar-refractivity contribution in [2.45, 2.75) is 6.61 Å². The molecule has 2 aromatic carbocycles. The number of hydrogen-bond acceptors (Lipinski definition) is 4. The topological polar surface area (TPSA) is 69.4 Å². The van der Waals surface area contributed by atoms with Crippen LogP contribution >= 0.6 is 0 Å². The Labute approximate surface area is 109 Å². The predicted octanol–water partition coefficient (Wildman–Crippen LogP) is 2.75. The largest absolute Gasteiger partial charge is 0.457 e. The van der Waals surface area contributed by atoms with Gasteiger partial charge in [-0.2, -0.15) is 0 Å². The molecule has 5 heteroatoms. The number of carbonyl (C=O) groups is 1. The van der Waals surface area contributed by atoms with Gasteiger partial charge in [0.25, 0.3) is 5.69 Å². The maximum Gasteiger partial charge on any atom is 0.339 e. The second kappa shape index (κ2) is 5.77. The molecule has 0 saturated heterocycles. The molecule has 95 valence electrons. The van der Waals surface area contributed by atoms with Crippen LogP contribution in [0, 0.1) is 16.2 Å². The van der Waals surface area contributed by atoms with Crippen LogP contribution < -0.4 is 0 Å². The summed E-state index contributed by atoms with van der Waals surface area (Å²) in [6.45, 7) is 0.121. The first kappa shape index (κ1) is 12.8. The van der Waals surface area contributed by atoms with Crippen molar-refractivity contribution in [3.05, 3.63) is 75.8 Å². The highest BCUT2D eigenvalue weighted by atomic mass is 16.6. The molecule has 2 aromatic rings. The third kappa shape index (κ3) is 3.38. The Bertz CT molecular complexity index is 595. The molecular formula is C14H10NO4. The van der Waals surface area contributed by atoms with Gasteiger partial charge in [0, 0.05) is 12.1 Å². The average Bonchev–Trinajstić information content (AvgIpc) is 2.46. The molecule has 0 aliphatic rings. The van der Waals surface area contributed by atoms with Crippen LogP contribution in [0.25, 0.3) is 0 Å². The van der Waals surface area contributed by atoms with Crippen molar-refractivity contribution in [3.8, 4) is 0 Å². The zero-order valence-corrected chi connectivity index (χ0v) is 9.91. The number of nitrogens with zero attached hydrogens (tertiary/aromatic N) is 1. The van der Waals surface area contributed by atoms with Crippen molar-refractivity contribution in [1.29, 1.82) is 0 Å². The molecule has 0 heterocycles. The molecule has 0 bridgehead atoms. The van der Waals surface area contributed by atoms with Crippen LogP contribution in [0.4, 0.5) is 5.69 Å². The molecule has 1 radical (unpaired) electrons. The maximum atomic E-state index is 11.7. The van der Waals surface area contributed by atoms with Crippen molar-refractivity contribution in [1.82, 2.24) is 0 Å². The number of hydrogen-bond donors (Lipinski definition) is 0.